The number of benzene rings is 1. The molecule has 0 aliphatic heterocycles. The molecule has 21 heavy (non-hydrogen) atoms. The lowest BCUT2D eigenvalue weighted by molar-refractivity contribution is 0.948. The van der Waals surface area contributed by atoms with Crippen LogP contribution in [-0.4, -0.2) is 9.97 Å². The number of aromatic amines is 1. The predicted molar refractivity (Wildman–Crippen MR) is 92.1 cm³/mol. The van der Waals surface area contributed by atoms with Gasteiger partial charge in [0.05, 0.1) is 5.39 Å². The van der Waals surface area contributed by atoms with Crippen molar-refractivity contribution in [3.63, 3.8) is 0 Å². The van der Waals surface area contributed by atoms with Crippen molar-refractivity contribution >= 4 is 37.5 Å². The highest BCUT2D eigenvalue weighted by Gasteiger charge is 2.17. The maximum atomic E-state index is 12.5. The van der Waals surface area contributed by atoms with Crippen molar-refractivity contribution in [3.05, 3.63) is 49.8 Å². The average Bonchev–Trinajstić information content (AvgIpc) is 2.87. The molecule has 0 aliphatic carbocycles. The van der Waals surface area contributed by atoms with Crippen LogP contribution in [0.15, 0.2) is 33.5 Å². The Labute approximate surface area is 135 Å². The monoisotopic (exact) mass is 362 g/mol. The number of nitrogens with one attached hydrogen (secondary N) is 1. The van der Waals surface area contributed by atoms with Gasteiger partial charge >= 0.3 is 0 Å². The van der Waals surface area contributed by atoms with Crippen LogP contribution in [-0.2, 0) is 12.8 Å². The largest absolute Gasteiger partial charge is 0.310 e. The molecule has 0 bridgehead atoms. The molecule has 0 radical (unpaired) electrons. The zero-order chi connectivity index (χ0) is 15.0. The van der Waals surface area contributed by atoms with Gasteiger partial charge in [0.2, 0.25) is 0 Å². The van der Waals surface area contributed by atoms with E-state index in [0.29, 0.717) is 0 Å². The van der Waals surface area contributed by atoms with E-state index < -0.39 is 0 Å². The molecular weight excluding hydrogens is 348 g/mol. The fraction of sp³-hybridized carbons (Fsp3) is 0.250. The lowest BCUT2D eigenvalue weighted by Gasteiger charge is -2.03. The van der Waals surface area contributed by atoms with E-state index in [0.717, 1.165) is 44.5 Å². The summed E-state index contributed by atoms with van der Waals surface area (Å²) in [6, 6.07) is 8.08. The number of nitrogens with zero attached hydrogens (tertiary/aromatic N) is 1. The number of aryl methyl sites for hydroxylation is 2. The fourth-order valence-electron chi connectivity index (χ4n) is 2.44. The van der Waals surface area contributed by atoms with Crippen LogP contribution in [0.5, 0.6) is 0 Å². The Morgan fingerprint density at radius 2 is 1.90 bits per heavy atom. The average molecular weight is 363 g/mol. The molecular formula is C16H15BrN2OS. The van der Waals surface area contributed by atoms with Crippen LogP contribution >= 0.6 is 27.3 Å². The second kappa shape index (κ2) is 5.73. The number of thiophene rings is 1. The number of hydrogen-bond donors (Lipinski definition) is 1. The van der Waals surface area contributed by atoms with Crippen molar-refractivity contribution in [1.82, 2.24) is 9.97 Å². The van der Waals surface area contributed by atoms with Crippen molar-refractivity contribution in [1.29, 1.82) is 0 Å². The van der Waals surface area contributed by atoms with Crippen LogP contribution in [0.25, 0.3) is 21.3 Å². The van der Waals surface area contributed by atoms with Gasteiger partial charge in [-0.25, -0.2) is 4.98 Å². The molecule has 1 aromatic carbocycles. The molecule has 0 amide bonds. The Morgan fingerprint density at radius 3 is 2.52 bits per heavy atom. The SMILES string of the molecule is CCc1nc2sc(CC)c(-c3ccc(Br)cc3)c2c(=O)[nH]1. The highest BCUT2D eigenvalue weighted by atomic mass is 79.9. The van der Waals surface area contributed by atoms with Gasteiger partial charge in [0, 0.05) is 21.3 Å². The number of hydrogen-bond acceptors (Lipinski definition) is 3. The fourth-order valence-corrected chi connectivity index (χ4v) is 3.85. The van der Waals surface area contributed by atoms with Gasteiger partial charge in [-0.2, -0.15) is 0 Å². The summed E-state index contributed by atoms with van der Waals surface area (Å²) in [5, 5.41) is 0.719. The first-order chi connectivity index (χ1) is 10.1. The molecule has 0 fully saturated rings. The Hall–Kier alpha value is -1.46. The number of halogens is 1. The molecule has 2 aromatic heterocycles. The Balaban J connectivity index is 2.35. The molecule has 0 atom stereocenters. The van der Waals surface area contributed by atoms with Crippen molar-refractivity contribution in [2.75, 3.05) is 0 Å². The van der Waals surface area contributed by atoms with Gasteiger partial charge in [0.25, 0.3) is 5.56 Å². The highest BCUT2D eigenvalue weighted by molar-refractivity contribution is 9.10. The maximum Gasteiger partial charge on any atom is 0.260 e. The summed E-state index contributed by atoms with van der Waals surface area (Å²) in [5.74, 6) is 0.749. The van der Waals surface area contributed by atoms with Crippen LogP contribution in [0, 0.1) is 0 Å². The van der Waals surface area contributed by atoms with Gasteiger partial charge in [0.15, 0.2) is 0 Å². The topological polar surface area (TPSA) is 45.8 Å². The molecule has 2 heterocycles. The van der Waals surface area contributed by atoms with Gasteiger partial charge < -0.3 is 4.98 Å². The van der Waals surface area contributed by atoms with Crippen molar-refractivity contribution in [2.45, 2.75) is 26.7 Å². The standard InChI is InChI=1S/C16H15BrN2OS/c1-3-11-13(9-5-7-10(17)8-6-9)14-15(20)18-12(4-2)19-16(14)21-11/h5-8H,3-4H2,1-2H3,(H,18,19,20). The van der Waals surface area contributed by atoms with Crippen LogP contribution in [0.1, 0.15) is 24.5 Å². The molecule has 0 aliphatic rings. The predicted octanol–water partition coefficient (Wildman–Crippen LogP) is 4.54. The summed E-state index contributed by atoms with van der Waals surface area (Å²) in [4.78, 5) is 22.0. The molecule has 1 N–H and O–H groups in total. The highest BCUT2D eigenvalue weighted by Crippen LogP contribution is 2.36. The summed E-state index contributed by atoms with van der Waals surface area (Å²) in [5.41, 5.74) is 2.06. The third-order valence-electron chi connectivity index (χ3n) is 3.47. The van der Waals surface area contributed by atoms with Crippen LogP contribution in [0.3, 0.4) is 0 Å². The number of aromatic nitrogens is 2. The second-order valence-electron chi connectivity index (χ2n) is 4.81. The zero-order valence-electron chi connectivity index (χ0n) is 11.9. The summed E-state index contributed by atoms with van der Waals surface area (Å²) >= 11 is 5.07. The maximum absolute atomic E-state index is 12.5. The first-order valence-corrected chi connectivity index (χ1v) is 8.55. The van der Waals surface area contributed by atoms with E-state index in [4.69, 9.17) is 0 Å². The summed E-state index contributed by atoms with van der Waals surface area (Å²) in [7, 11) is 0. The molecule has 0 saturated heterocycles. The van der Waals surface area contributed by atoms with E-state index in [9.17, 15) is 4.79 Å². The Kier molecular flexibility index (Phi) is 3.95. The van der Waals surface area contributed by atoms with Crippen LogP contribution < -0.4 is 5.56 Å². The molecule has 5 heteroatoms. The molecule has 0 spiro atoms. The first-order valence-electron chi connectivity index (χ1n) is 6.94. The second-order valence-corrected chi connectivity index (χ2v) is 6.81. The molecule has 0 saturated carbocycles. The minimum atomic E-state index is -0.0364. The van der Waals surface area contributed by atoms with Crippen LogP contribution in [0.2, 0.25) is 0 Å². The minimum absolute atomic E-state index is 0.0364. The van der Waals surface area contributed by atoms with E-state index in [1.54, 1.807) is 11.3 Å². The third kappa shape index (κ3) is 2.56. The first kappa shape index (κ1) is 14.5. The van der Waals surface area contributed by atoms with E-state index in [-0.39, 0.29) is 5.56 Å². The number of H-pyrrole nitrogens is 1. The van der Waals surface area contributed by atoms with Gasteiger partial charge in [-0.05, 0) is 24.1 Å². The third-order valence-corrected chi connectivity index (χ3v) is 5.23. The van der Waals surface area contributed by atoms with E-state index in [1.807, 2.05) is 31.2 Å². The lowest BCUT2D eigenvalue weighted by Crippen LogP contribution is -2.10. The van der Waals surface area contributed by atoms with E-state index >= 15 is 0 Å². The minimum Gasteiger partial charge on any atom is -0.310 e. The Bertz CT molecular complexity index is 849. The van der Waals surface area contributed by atoms with E-state index in [2.05, 4.69) is 32.8 Å². The molecule has 3 nitrogen and oxygen atoms in total. The molecule has 108 valence electrons. The Morgan fingerprint density at radius 1 is 1.19 bits per heavy atom. The van der Waals surface area contributed by atoms with Crippen molar-refractivity contribution < 1.29 is 0 Å². The molecule has 3 aromatic rings. The normalized spacial score (nSPS) is 11.2. The van der Waals surface area contributed by atoms with Gasteiger partial charge in [-0.3, -0.25) is 4.79 Å². The lowest BCUT2D eigenvalue weighted by atomic mass is 10.0. The molecule has 0 unspecified atom stereocenters. The van der Waals surface area contributed by atoms with E-state index in [1.165, 1.54) is 4.88 Å². The van der Waals surface area contributed by atoms with Crippen molar-refractivity contribution in [2.24, 2.45) is 0 Å². The summed E-state index contributed by atoms with van der Waals surface area (Å²) in [6.07, 6.45) is 1.63. The quantitative estimate of drug-likeness (QED) is 0.743. The van der Waals surface area contributed by atoms with Gasteiger partial charge in [-0.15, -0.1) is 11.3 Å². The zero-order valence-corrected chi connectivity index (χ0v) is 14.3. The van der Waals surface area contributed by atoms with Gasteiger partial charge in [0.1, 0.15) is 10.7 Å². The molecule has 3 rings (SSSR count). The number of rotatable bonds is 3. The van der Waals surface area contributed by atoms with Crippen LogP contribution in [0.4, 0.5) is 0 Å². The smallest absolute Gasteiger partial charge is 0.260 e. The number of fused-ring (bicyclic) bond motifs is 1. The van der Waals surface area contributed by atoms with Gasteiger partial charge in [-0.1, -0.05) is 41.9 Å². The van der Waals surface area contributed by atoms with Crippen molar-refractivity contribution in [3.8, 4) is 11.1 Å². The summed E-state index contributed by atoms with van der Waals surface area (Å²) in [6.45, 7) is 4.11. The summed E-state index contributed by atoms with van der Waals surface area (Å²) < 4.78 is 1.03.